The van der Waals surface area contributed by atoms with Crippen LogP contribution in [0.3, 0.4) is 0 Å². The number of nitrogens with one attached hydrogen (secondary N) is 3. The molecular formula is C24H23N5O2. The zero-order valence-corrected chi connectivity index (χ0v) is 16.9. The van der Waals surface area contributed by atoms with Gasteiger partial charge in [-0.25, -0.2) is 9.78 Å². The minimum absolute atomic E-state index is 0.163. The zero-order chi connectivity index (χ0) is 21.5. The molecule has 0 bridgehead atoms. The number of amides is 3. The summed E-state index contributed by atoms with van der Waals surface area (Å²) in [6.07, 6.45) is 4.11. The van der Waals surface area contributed by atoms with E-state index in [0.717, 1.165) is 22.5 Å². The first-order valence-corrected chi connectivity index (χ1v) is 10.1. The monoisotopic (exact) mass is 413 g/mol. The Morgan fingerprint density at radius 1 is 0.871 bits per heavy atom. The number of pyridine rings is 1. The number of rotatable bonds is 7. The summed E-state index contributed by atoms with van der Waals surface area (Å²) < 4.78 is 1.97. The third kappa shape index (κ3) is 5.48. The maximum absolute atomic E-state index is 12.1. The average Bonchev–Trinajstić information content (AvgIpc) is 3.23. The van der Waals surface area contributed by atoms with Gasteiger partial charge in [0.2, 0.25) is 5.91 Å². The van der Waals surface area contributed by atoms with Gasteiger partial charge in [0.25, 0.3) is 0 Å². The molecule has 31 heavy (non-hydrogen) atoms. The van der Waals surface area contributed by atoms with E-state index in [1.54, 1.807) is 0 Å². The fourth-order valence-corrected chi connectivity index (χ4v) is 3.15. The minimum Gasteiger partial charge on any atom is -0.338 e. The lowest BCUT2D eigenvalue weighted by molar-refractivity contribution is -0.116. The quantitative estimate of drug-likeness (QED) is 0.430. The Kier molecular flexibility index (Phi) is 6.23. The first-order valence-electron chi connectivity index (χ1n) is 10.1. The van der Waals surface area contributed by atoms with Crippen molar-refractivity contribution in [3.8, 4) is 11.3 Å². The molecule has 2 aromatic heterocycles. The van der Waals surface area contributed by atoms with E-state index >= 15 is 0 Å². The molecule has 0 aliphatic heterocycles. The lowest BCUT2D eigenvalue weighted by atomic mass is 10.1. The summed E-state index contributed by atoms with van der Waals surface area (Å²) in [5.74, 6) is -0.163. The first-order chi connectivity index (χ1) is 15.2. The topological polar surface area (TPSA) is 87.5 Å². The predicted octanol–water partition coefficient (Wildman–Crippen LogP) is 3.83. The van der Waals surface area contributed by atoms with Gasteiger partial charge in [0, 0.05) is 43.2 Å². The van der Waals surface area contributed by atoms with Gasteiger partial charge in [-0.2, -0.15) is 0 Å². The number of urea groups is 1. The van der Waals surface area contributed by atoms with Crippen LogP contribution >= 0.6 is 0 Å². The van der Waals surface area contributed by atoms with Crippen molar-refractivity contribution in [2.45, 2.75) is 13.0 Å². The van der Waals surface area contributed by atoms with Crippen molar-refractivity contribution >= 4 is 23.3 Å². The molecule has 0 atom stereocenters. The number of imidazole rings is 1. The minimum atomic E-state index is -0.298. The Hall–Kier alpha value is -4.13. The molecule has 2 aromatic carbocycles. The van der Waals surface area contributed by atoms with Crippen molar-refractivity contribution in [2.24, 2.45) is 0 Å². The van der Waals surface area contributed by atoms with E-state index in [-0.39, 0.29) is 24.9 Å². The van der Waals surface area contributed by atoms with Crippen LogP contribution in [0.15, 0.2) is 85.2 Å². The average molecular weight is 413 g/mol. The van der Waals surface area contributed by atoms with Crippen molar-refractivity contribution in [1.82, 2.24) is 20.0 Å². The molecule has 3 amide bonds. The van der Waals surface area contributed by atoms with Crippen LogP contribution in [0, 0.1) is 0 Å². The Labute approximate surface area is 180 Å². The summed E-state index contributed by atoms with van der Waals surface area (Å²) in [5, 5.41) is 8.30. The van der Waals surface area contributed by atoms with Crippen molar-refractivity contribution in [2.75, 3.05) is 11.9 Å². The molecule has 4 aromatic rings. The molecular weight excluding hydrogens is 390 g/mol. The number of nitrogens with zero attached hydrogens (tertiary/aromatic N) is 2. The lowest BCUT2D eigenvalue weighted by Crippen LogP contribution is -2.36. The highest BCUT2D eigenvalue weighted by atomic mass is 16.2. The number of hydrogen-bond donors (Lipinski definition) is 3. The third-order valence-corrected chi connectivity index (χ3v) is 4.76. The van der Waals surface area contributed by atoms with Gasteiger partial charge >= 0.3 is 6.03 Å². The van der Waals surface area contributed by atoms with Gasteiger partial charge in [0.1, 0.15) is 5.65 Å². The summed E-state index contributed by atoms with van der Waals surface area (Å²) in [6.45, 7) is 0.698. The predicted molar refractivity (Wildman–Crippen MR) is 121 cm³/mol. The van der Waals surface area contributed by atoms with Crippen molar-refractivity contribution < 1.29 is 9.59 Å². The molecule has 2 heterocycles. The number of aromatic nitrogens is 2. The second-order valence-corrected chi connectivity index (χ2v) is 7.06. The van der Waals surface area contributed by atoms with E-state index in [1.165, 1.54) is 0 Å². The molecule has 4 rings (SSSR count). The second-order valence-electron chi connectivity index (χ2n) is 7.06. The number of carbonyl (C=O) groups is 2. The van der Waals surface area contributed by atoms with Crippen LogP contribution in [-0.2, 0) is 11.3 Å². The maximum atomic E-state index is 12.1. The third-order valence-electron chi connectivity index (χ3n) is 4.76. The van der Waals surface area contributed by atoms with Gasteiger partial charge < -0.3 is 20.4 Å². The Morgan fingerprint density at radius 2 is 1.65 bits per heavy atom. The summed E-state index contributed by atoms with van der Waals surface area (Å²) in [7, 11) is 0. The Balaban J connectivity index is 1.22. The molecule has 3 N–H and O–H groups in total. The Morgan fingerprint density at radius 3 is 2.42 bits per heavy atom. The summed E-state index contributed by atoms with van der Waals surface area (Å²) in [4.78, 5) is 28.6. The molecule has 0 radical (unpaired) electrons. The number of carbonyl (C=O) groups excluding carboxylic acids is 2. The van der Waals surface area contributed by atoms with Crippen molar-refractivity contribution in [1.29, 1.82) is 0 Å². The highest BCUT2D eigenvalue weighted by molar-refractivity contribution is 5.91. The highest BCUT2D eigenvalue weighted by Gasteiger charge is 2.07. The number of anilines is 1. The van der Waals surface area contributed by atoms with Crippen molar-refractivity contribution in [3.63, 3.8) is 0 Å². The fraction of sp³-hybridized carbons (Fsp3) is 0.125. The molecule has 7 nitrogen and oxygen atoms in total. The first kappa shape index (κ1) is 20.2. The van der Waals surface area contributed by atoms with E-state index in [4.69, 9.17) is 0 Å². The van der Waals surface area contributed by atoms with Gasteiger partial charge in [-0.15, -0.1) is 0 Å². The fourth-order valence-electron chi connectivity index (χ4n) is 3.15. The van der Waals surface area contributed by atoms with Gasteiger partial charge in [-0.1, -0.05) is 48.5 Å². The largest absolute Gasteiger partial charge is 0.338 e. The molecule has 7 heteroatoms. The summed E-state index contributed by atoms with van der Waals surface area (Å²) >= 11 is 0. The molecule has 0 saturated heterocycles. The van der Waals surface area contributed by atoms with Crippen LogP contribution in [0.4, 0.5) is 10.5 Å². The number of fused-ring (bicyclic) bond motifs is 1. The smallest absolute Gasteiger partial charge is 0.315 e. The normalized spacial score (nSPS) is 10.6. The van der Waals surface area contributed by atoms with Gasteiger partial charge in [-0.3, -0.25) is 4.79 Å². The maximum Gasteiger partial charge on any atom is 0.315 e. The molecule has 0 saturated carbocycles. The zero-order valence-electron chi connectivity index (χ0n) is 16.9. The standard InChI is InChI=1S/C24H23N5O2/c30-23(13-14-25-24(31)26-16-18-6-2-1-3-7-18)27-20-11-9-19(10-12-20)21-17-29-15-5-4-8-22(29)28-21/h1-12,15,17H,13-14,16H2,(H,27,30)(H2,25,26,31). The molecule has 156 valence electrons. The van der Waals surface area contributed by atoms with E-state index in [9.17, 15) is 9.59 Å². The highest BCUT2D eigenvalue weighted by Crippen LogP contribution is 2.21. The van der Waals surface area contributed by atoms with Crippen LogP contribution in [-0.4, -0.2) is 27.9 Å². The van der Waals surface area contributed by atoms with Crippen LogP contribution < -0.4 is 16.0 Å². The molecule has 0 fully saturated rings. The van der Waals surface area contributed by atoms with Gasteiger partial charge in [-0.05, 0) is 29.8 Å². The van der Waals surface area contributed by atoms with Crippen molar-refractivity contribution in [3.05, 3.63) is 90.8 Å². The van der Waals surface area contributed by atoms with Gasteiger partial charge in [0.05, 0.1) is 5.69 Å². The Bertz CT molecular complexity index is 1140. The van der Waals surface area contributed by atoms with E-state index in [2.05, 4.69) is 20.9 Å². The van der Waals surface area contributed by atoms with Crippen LogP contribution in [0.2, 0.25) is 0 Å². The second kappa shape index (κ2) is 9.58. The number of benzene rings is 2. The number of hydrogen-bond acceptors (Lipinski definition) is 3. The molecule has 0 aliphatic carbocycles. The summed E-state index contributed by atoms with van der Waals surface area (Å²) in [6, 6.07) is 22.7. The van der Waals surface area contributed by atoms with E-state index in [1.807, 2.05) is 89.6 Å². The molecule has 0 aliphatic rings. The van der Waals surface area contributed by atoms with E-state index in [0.29, 0.717) is 12.2 Å². The van der Waals surface area contributed by atoms with Crippen LogP contribution in [0.25, 0.3) is 16.9 Å². The summed E-state index contributed by atoms with van der Waals surface area (Å²) in [5.41, 5.74) is 4.44. The van der Waals surface area contributed by atoms with Crippen LogP contribution in [0.1, 0.15) is 12.0 Å². The molecule has 0 spiro atoms. The van der Waals surface area contributed by atoms with Gasteiger partial charge in [0.15, 0.2) is 0 Å². The van der Waals surface area contributed by atoms with Crippen LogP contribution in [0.5, 0.6) is 0 Å². The molecule has 0 unspecified atom stereocenters. The van der Waals surface area contributed by atoms with E-state index < -0.39 is 0 Å². The SMILES string of the molecule is O=C(CCNC(=O)NCc1ccccc1)Nc1ccc(-c2cn3ccccc3n2)cc1. The lowest BCUT2D eigenvalue weighted by Gasteiger charge is -2.08.